The maximum absolute atomic E-state index is 13.6. The van der Waals surface area contributed by atoms with Crippen LogP contribution in [0.15, 0.2) is 4.99 Å². The van der Waals surface area contributed by atoms with Crippen LogP contribution in [-0.4, -0.2) is 24.2 Å². The van der Waals surface area contributed by atoms with Crippen LogP contribution in [0.2, 0.25) is 0 Å². The van der Waals surface area contributed by atoms with Crippen molar-refractivity contribution in [2.75, 3.05) is 6.54 Å². The predicted octanol–water partition coefficient (Wildman–Crippen LogP) is 2.12. The molecule has 4 heteroatoms. The molecule has 92 valence electrons. The van der Waals surface area contributed by atoms with Crippen molar-refractivity contribution in [2.24, 2.45) is 10.7 Å². The van der Waals surface area contributed by atoms with Gasteiger partial charge in [-0.15, -0.1) is 0 Å². The molecular weight excluding hydrogens is 205 g/mol. The molecule has 0 aliphatic heterocycles. The fourth-order valence-corrected chi connectivity index (χ4v) is 2.51. The summed E-state index contributed by atoms with van der Waals surface area (Å²) >= 11 is 0. The normalized spacial score (nSPS) is 25.4. The van der Waals surface area contributed by atoms with E-state index in [0.717, 1.165) is 6.42 Å². The van der Waals surface area contributed by atoms with E-state index in [4.69, 9.17) is 5.73 Å². The molecule has 0 aromatic carbocycles. The van der Waals surface area contributed by atoms with E-state index in [9.17, 15) is 4.39 Å². The van der Waals surface area contributed by atoms with E-state index >= 15 is 0 Å². The minimum atomic E-state index is -0.933. The lowest BCUT2D eigenvalue weighted by Gasteiger charge is -2.33. The second kappa shape index (κ2) is 5.02. The fraction of sp³-hybridized carbons (Fsp3) is 0.917. The van der Waals surface area contributed by atoms with Gasteiger partial charge in [-0.2, -0.15) is 0 Å². The quantitative estimate of drug-likeness (QED) is 0.571. The molecule has 2 fully saturated rings. The van der Waals surface area contributed by atoms with E-state index in [-0.39, 0.29) is 0 Å². The summed E-state index contributed by atoms with van der Waals surface area (Å²) in [6.07, 6.45) is 7.89. The first-order valence-corrected chi connectivity index (χ1v) is 6.43. The van der Waals surface area contributed by atoms with Crippen molar-refractivity contribution < 1.29 is 4.39 Å². The molecule has 0 spiro atoms. The molecule has 3 N–H and O–H groups in total. The molecule has 2 rings (SSSR count). The molecule has 0 aromatic heterocycles. The van der Waals surface area contributed by atoms with Crippen molar-refractivity contribution in [1.82, 2.24) is 5.32 Å². The Bertz CT molecular complexity index is 255. The minimum absolute atomic E-state index is 0.492. The number of nitrogens with two attached hydrogens (primary N) is 1. The second-order valence-electron chi connectivity index (χ2n) is 5.15. The van der Waals surface area contributed by atoms with Crippen LogP contribution in [0.1, 0.15) is 51.4 Å². The van der Waals surface area contributed by atoms with Crippen molar-refractivity contribution in [1.29, 1.82) is 0 Å². The van der Waals surface area contributed by atoms with Crippen LogP contribution in [0, 0.1) is 0 Å². The molecule has 0 saturated heterocycles. The first-order valence-electron chi connectivity index (χ1n) is 6.43. The molecule has 2 aliphatic carbocycles. The van der Waals surface area contributed by atoms with Gasteiger partial charge in [0, 0.05) is 19.0 Å². The highest BCUT2D eigenvalue weighted by atomic mass is 19.1. The largest absolute Gasteiger partial charge is 0.370 e. The Kier molecular flexibility index (Phi) is 3.66. The van der Waals surface area contributed by atoms with E-state index in [1.54, 1.807) is 0 Å². The lowest BCUT2D eigenvalue weighted by Crippen LogP contribution is -2.39. The van der Waals surface area contributed by atoms with Crippen molar-refractivity contribution in [3.05, 3.63) is 0 Å². The molecule has 0 heterocycles. The van der Waals surface area contributed by atoms with E-state index < -0.39 is 5.67 Å². The molecule has 16 heavy (non-hydrogen) atoms. The number of hydrogen-bond acceptors (Lipinski definition) is 1. The van der Waals surface area contributed by atoms with Crippen LogP contribution in [0.5, 0.6) is 0 Å². The maximum atomic E-state index is 13.6. The van der Waals surface area contributed by atoms with Gasteiger partial charge in [0.2, 0.25) is 0 Å². The van der Waals surface area contributed by atoms with Crippen LogP contribution < -0.4 is 11.1 Å². The Morgan fingerprint density at radius 2 is 2.00 bits per heavy atom. The first-order chi connectivity index (χ1) is 7.68. The maximum Gasteiger partial charge on any atom is 0.188 e. The van der Waals surface area contributed by atoms with Gasteiger partial charge >= 0.3 is 0 Å². The number of nitrogens with one attached hydrogen (secondary N) is 1. The summed E-state index contributed by atoms with van der Waals surface area (Å²) in [6, 6.07) is 0.492. The zero-order valence-corrected chi connectivity index (χ0v) is 9.84. The molecule has 0 radical (unpaired) electrons. The Morgan fingerprint density at radius 3 is 2.56 bits per heavy atom. The lowest BCUT2D eigenvalue weighted by atomic mass is 9.80. The van der Waals surface area contributed by atoms with Gasteiger partial charge in [0.1, 0.15) is 5.67 Å². The smallest absolute Gasteiger partial charge is 0.188 e. The third kappa shape index (κ3) is 3.09. The standard InChI is InChI=1S/C12H22FN3/c13-12(6-3-7-12)8-9-15-11(14)16-10-4-1-2-5-10/h10H,1-9H2,(H3,14,15,16). The van der Waals surface area contributed by atoms with E-state index in [2.05, 4.69) is 10.3 Å². The van der Waals surface area contributed by atoms with Crippen molar-refractivity contribution in [3.8, 4) is 0 Å². The molecule has 3 nitrogen and oxygen atoms in total. The van der Waals surface area contributed by atoms with E-state index in [0.29, 0.717) is 37.8 Å². The zero-order valence-electron chi connectivity index (χ0n) is 9.84. The number of alkyl halides is 1. The average molecular weight is 227 g/mol. The molecular formula is C12H22FN3. The Labute approximate surface area is 96.7 Å². The van der Waals surface area contributed by atoms with Gasteiger partial charge in [0.25, 0.3) is 0 Å². The number of halogens is 1. The summed E-state index contributed by atoms with van der Waals surface area (Å²) in [5, 5.41) is 3.21. The van der Waals surface area contributed by atoms with E-state index in [1.807, 2.05) is 0 Å². The first kappa shape index (κ1) is 11.7. The van der Waals surface area contributed by atoms with Gasteiger partial charge in [-0.1, -0.05) is 12.8 Å². The van der Waals surface area contributed by atoms with E-state index in [1.165, 1.54) is 25.7 Å². The molecule has 0 aromatic rings. The Balaban J connectivity index is 1.65. The molecule has 0 bridgehead atoms. The van der Waals surface area contributed by atoms with Gasteiger partial charge in [0.05, 0.1) is 0 Å². The third-order valence-corrected chi connectivity index (χ3v) is 3.80. The van der Waals surface area contributed by atoms with Crippen LogP contribution in [0.4, 0.5) is 4.39 Å². The second-order valence-corrected chi connectivity index (χ2v) is 5.15. The minimum Gasteiger partial charge on any atom is -0.370 e. The summed E-state index contributed by atoms with van der Waals surface area (Å²) in [7, 11) is 0. The topological polar surface area (TPSA) is 50.4 Å². The van der Waals surface area contributed by atoms with Crippen LogP contribution in [0.3, 0.4) is 0 Å². The molecule has 2 saturated carbocycles. The highest BCUT2D eigenvalue weighted by Gasteiger charge is 2.36. The van der Waals surface area contributed by atoms with Crippen molar-refractivity contribution >= 4 is 5.96 Å². The number of guanidine groups is 1. The monoisotopic (exact) mass is 227 g/mol. The summed E-state index contributed by atoms with van der Waals surface area (Å²) in [5.41, 5.74) is 4.83. The zero-order chi connectivity index (χ0) is 11.4. The highest BCUT2D eigenvalue weighted by Crippen LogP contribution is 2.38. The van der Waals surface area contributed by atoms with Gasteiger partial charge in [-0.25, -0.2) is 4.39 Å². The van der Waals surface area contributed by atoms with Gasteiger partial charge in [-0.3, -0.25) is 4.99 Å². The van der Waals surface area contributed by atoms with Crippen molar-refractivity contribution in [3.63, 3.8) is 0 Å². The molecule has 0 atom stereocenters. The SMILES string of the molecule is NC(=NCCC1(F)CCC1)NC1CCCC1. The Hall–Kier alpha value is -0.800. The van der Waals surface area contributed by atoms with Crippen LogP contribution in [-0.2, 0) is 0 Å². The number of nitrogens with zero attached hydrogens (tertiary/aromatic N) is 1. The molecule has 0 unspecified atom stereocenters. The summed E-state index contributed by atoms with van der Waals surface area (Å²) in [5.74, 6) is 0.495. The summed E-state index contributed by atoms with van der Waals surface area (Å²) in [4.78, 5) is 4.20. The summed E-state index contributed by atoms with van der Waals surface area (Å²) < 4.78 is 13.6. The van der Waals surface area contributed by atoms with Gasteiger partial charge < -0.3 is 11.1 Å². The number of hydrogen-bond donors (Lipinski definition) is 2. The number of rotatable bonds is 4. The van der Waals surface area contributed by atoms with Crippen molar-refractivity contribution in [2.45, 2.75) is 63.1 Å². The fourth-order valence-electron chi connectivity index (χ4n) is 2.51. The predicted molar refractivity (Wildman–Crippen MR) is 64.2 cm³/mol. The molecule has 2 aliphatic rings. The third-order valence-electron chi connectivity index (χ3n) is 3.80. The van der Waals surface area contributed by atoms with Gasteiger partial charge in [0.15, 0.2) is 5.96 Å². The Morgan fingerprint density at radius 1 is 1.31 bits per heavy atom. The number of aliphatic imine (C=N–C) groups is 1. The lowest BCUT2D eigenvalue weighted by molar-refractivity contribution is 0.0568. The van der Waals surface area contributed by atoms with Gasteiger partial charge in [-0.05, 0) is 32.1 Å². The summed E-state index contributed by atoms with van der Waals surface area (Å²) in [6.45, 7) is 0.516. The average Bonchev–Trinajstić information content (AvgIpc) is 2.68. The highest BCUT2D eigenvalue weighted by molar-refractivity contribution is 5.78. The van der Waals surface area contributed by atoms with Crippen LogP contribution in [0.25, 0.3) is 0 Å². The van der Waals surface area contributed by atoms with Crippen LogP contribution >= 0.6 is 0 Å². The molecule has 0 amide bonds.